The molecule has 0 spiro atoms. The summed E-state index contributed by atoms with van der Waals surface area (Å²) in [7, 11) is 0. The summed E-state index contributed by atoms with van der Waals surface area (Å²) in [5.41, 5.74) is 2.88. The Morgan fingerprint density at radius 3 is 2.38 bits per heavy atom. The van der Waals surface area contributed by atoms with E-state index in [1.165, 1.54) is 10.8 Å². The Balaban J connectivity index is 2.01. The smallest absolute Gasteiger partial charge is 0.164 e. The van der Waals surface area contributed by atoms with Gasteiger partial charge in [-0.1, -0.05) is 60.7 Å². The molecule has 0 fully saturated rings. The van der Waals surface area contributed by atoms with E-state index in [-0.39, 0.29) is 0 Å². The van der Waals surface area contributed by atoms with E-state index in [4.69, 9.17) is 4.98 Å². The predicted octanol–water partition coefficient (Wildman–Crippen LogP) is 6.06. The van der Waals surface area contributed by atoms with Crippen LogP contribution in [-0.2, 0) is 0 Å². The summed E-state index contributed by atoms with van der Waals surface area (Å²) in [4.78, 5) is 9.14. The van der Waals surface area contributed by atoms with Crippen LogP contribution in [0.25, 0.3) is 33.9 Å². The van der Waals surface area contributed by atoms with Gasteiger partial charge >= 0.3 is 0 Å². The molecule has 126 valence electrons. The average Bonchev–Trinajstić information content (AvgIpc) is 3.07. The molecule has 1 aromatic heterocycles. The lowest BCUT2D eigenvalue weighted by molar-refractivity contribution is 1.06. The molecule has 0 N–H and O–H groups in total. The Bertz CT molecular complexity index is 1100. The van der Waals surface area contributed by atoms with Crippen LogP contribution >= 0.6 is 0 Å². The number of aromatic nitrogens is 2. The molecule has 0 aliphatic carbocycles. The van der Waals surface area contributed by atoms with E-state index in [9.17, 15) is 0 Å². The van der Waals surface area contributed by atoms with Crippen LogP contribution in [0, 0.1) is 0 Å². The summed E-state index contributed by atoms with van der Waals surface area (Å²) < 4.78 is 2.06. The second-order valence-corrected chi connectivity index (χ2v) is 6.04. The second kappa shape index (κ2) is 6.81. The molecule has 0 saturated heterocycles. The number of imidazole rings is 1. The van der Waals surface area contributed by atoms with E-state index in [2.05, 4.69) is 70.9 Å². The summed E-state index contributed by atoms with van der Waals surface area (Å²) >= 11 is 0. The van der Waals surface area contributed by atoms with Gasteiger partial charge < -0.3 is 0 Å². The van der Waals surface area contributed by atoms with Crippen molar-refractivity contribution in [2.45, 2.75) is 6.92 Å². The number of rotatable bonds is 4. The van der Waals surface area contributed by atoms with Gasteiger partial charge in [0.2, 0.25) is 0 Å². The highest BCUT2D eigenvalue weighted by molar-refractivity contribution is 5.87. The van der Waals surface area contributed by atoms with E-state index in [1.807, 2.05) is 37.3 Å². The van der Waals surface area contributed by atoms with Gasteiger partial charge in [0.15, 0.2) is 5.82 Å². The van der Waals surface area contributed by atoms with Crippen molar-refractivity contribution in [1.29, 1.82) is 0 Å². The van der Waals surface area contributed by atoms with Gasteiger partial charge in [0.1, 0.15) is 11.5 Å². The number of benzene rings is 3. The summed E-state index contributed by atoms with van der Waals surface area (Å²) in [6, 6.07) is 24.9. The fraction of sp³-hybridized carbons (Fsp3) is 0.0435. The van der Waals surface area contributed by atoms with Crippen molar-refractivity contribution in [2.24, 2.45) is 4.99 Å². The van der Waals surface area contributed by atoms with Gasteiger partial charge in [0.25, 0.3) is 0 Å². The monoisotopic (exact) mass is 337 g/mol. The second-order valence-electron chi connectivity index (χ2n) is 6.04. The number of aliphatic imine (C=N–C) groups is 1. The molecule has 0 aliphatic rings. The largest absolute Gasteiger partial charge is 0.277 e. The van der Waals surface area contributed by atoms with Crippen LogP contribution in [0.5, 0.6) is 0 Å². The number of hydrogen-bond acceptors (Lipinski definition) is 2. The highest BCUT2D eigenvalue weighted by Gasteiger charge is 2.17. The average molecular weight is 337 g/mol. The first kappa shape index (κ1) is 16.0. The molecule has 0 unspecified atom stereocenters. The third kappa shape index (κ3) is 2.74. The normalized spacial score (nSPS) is 11.3. The van der Waals surface area contributed by atoms with E-state index in [1.54, 1.807) is 0 Å². The van der Waals surface area contributed by atoms with Crippen molar-refractivity contribution in [3.05, 3.63) is 84.6 Å². The molecule has 0 saturated carbocycles. The Morgan fingerprint density at radius 1 is 0.923 bits per heavy atom. The van der Waals surface area contributed by atoms with Crippen LogP contribution in [0.2, 0.25) is 0 Å². The summed E-state index contributed by atoms with van der Waals surface area (Å²) in [6.07, 6.45) is 3.94. The standard InChI is InChI=1S/C23H19N3/c1-3-9-21-23(24-2)26(20-12-5-4-6-13-20)22(25-21)19-15-14-17-10-7-8-11-18(17)16-19/h3-16H,2H2,1H3/b9-3-. The van der Waals surface area contributed by atoms with Crippen molar-refractivity contribution in [3.8, 4) is 17.1 Å². The zero-order valence-electron chi connectivity index (χ0n) is 14.6. The summed E-state index contributed by atoms with van der Waals surface area (Å²) in [6.45, 7) is 5.75. The zero-order valence-corrected chi connectivity index (χ0v) is 14.6. The first-order chi connectivity index (χ1) is 12.8. The molecular formula is C23H19N3. The Labute approximate surface area is 153 Å². The third-order valence-corrected chi connectivity index (χ3v) is 4.38. The van der Waals surface area contributed by atoms with E-state index in [0.29, 0.717) is 0 Å². The fourth-order valence-corrected chi connectivity index (χ4v) is 3.19. The van der Waals surface area contributed by atoms with Crippen molar-refractivity contribution in [3.63, 3.8) is 0 Å². The Kier molecular flexibility index (Phi) is 4.20. The van der Waals surface area contributed by atoms with Gasteiger partial charge in [0.05, 0.1) is 0 Å². The van der Waals surface area contributed by atoms with Crippen LogP contribution in [0.4, 0.5) is 5.82 Å². The minimum atomic E-state index is 0.748. The number of para-hydroxylation sites is 1. The van der Waals surface area contributed by atoms with Gasteiger partial charge in [0, 0.05) is 11.3 Å². The zero-order chi connectivity index (χ0) is 17.9. The molecular weight excluding hydrogens is 318 g/mol. The van der Waals surface area contributed by atoms with Crippen LogP contribution in [0.15, 0.2) is 83.9 Å². The molecule has 0 atom stereocenters. The van der Waals surface area contributed by atoms with Crippen molar-refractivity contribution in [2.75, 3.05) is 0 Å². The third-order valence-electron chi connectivity index (χ3n) is 4.38. The first-order valence-electron chi connectivity index (χ1n) is 8.58. The molecule has 0 aliphatic heterocycles. The summed E-state index contributed by atoms with van der Waals surface area (Å²) in [5.74, 6) is 1.61. The maximum Gasteiger partial charge on any atom is 0.164 e. The number of nitrogens with zero attached hydrogens (tertiary/aromatic N) is 3. The molecule has 0 bridgehead atoms. The number of fused-ring (bicyclic) bond motifs is 1. The van der Waals surface area contributed by atoms with Gasteiger partial charge in [-0.05, 0) is 48.7 Å². The SMILES string of the molecule is C=Nc1c(/C=C\C)nc(-c2ccc3ccccc3c2)n1-c1ccccc1. The number of hydrogen-bond donors (Lipinski definition) is 0. The van der Waals surface area contributed by atoms with Gasteiger partial charge in [-0.3, -0.25) is 4.57 Å². The first-order valence-corrected chi connectivity index (χ1v) is 8.58. The molecule has 26 heavy (non-hydrogen) atoms. The quantitative estimate of drug-likeness (QED) is 0.416. The highest BCUT2D eigenvalue weighted by Crippen LogP contribution is 2.33. The van der Waals surface area contributed by atoms with Crippen molar-refractivity contribution >= 4 is 29.4 Å². The van der Waals surface area contributed by atoms with E-state index >= 15 is 0 Å². The van der Waals surface area contributed by atoms with Gasteiger partial charge in [-0.15, -0.1) is 0 Å². The molecule has 3 heteroatoms. The lowest BCUT2D eigenvalue weighted by Gasteiger charge is -2.10. The molecule has 0 amide bonds. The molecule has 3 aromatic carbocycles. The fourth-order valence-electron chi connectivity index (χ4n) is 3.19. The lowest BCUT2D eigenvalue weighted by Crippen LogP contribution is -1.97. The topological polar surface area (TPSA) is 30.2 Å². The minimum absolute atomic E-state index is 0.748. The van der Waals surface area contributed by atoms with Crippen LogP contribution < -0.4 is 0 Å². The Hall–Kier alpha value is -3.46. The number of allylic oxidation sites excluding steroid dienone is 1. The predicted molar refractivity (Wildman–Crippen MR) is 110 cm³/mol. The lowest BCUT2D eigenvalue weighted by atomic mass is 10.1. The minimum Gasteiger partial charge on any atom is -0.277 e. The Morgan fingerprint density at radius 2 is 1.65 bits per heavy atom. The molecule has 0 radical (unpaired) electrons. The van der Waals surface area contributed by atoms with E-state index < -0.39 is 0 Å². The summed E-state index contributed by atoms with van der Waals surface area (Å²) in [5, 5.41) is 2.40. The molecule has 3 nitrogen and oxygen atoms in total. The molecule has 4 rings (SSSR count). The molecule has 4 aromatic rings. The highest BCUT2D eigenvalue weighted by atomic mass is 15.2. The van der Waals surface area contributed by atoms with Crippen LogP contribution in [0.1, 0.15) is 12.6 Å². The van der Waals surface area contributed by atoms with Crippen LogP contribution in [0.3, 0.4) is 0 Å². The van der Waals surface area contributed by atoms with Gasteiger partial charge in [-0.25, -0.2) is 9.98 Å². The van der Waals surface area contributed by atoms with Crippen molar-refractivity contribution in [1.82, 2.24) is 9.55 Å². The van der Waals surface area contributed by atoms with E-state index in [0.717, 1.165) is 28.6 Å². The van der Waals surface area contributed by atoms with Crippen LogP contribution in [-0.4, -0.2) is 16.3 Å². The molecule has 1 heterocycles. The van der Waals surface area contributed by atoms with Crippen molar-refractivity contribution < 1.29 is 0 Å². The van der Waals surface area contributed by atoms with Gasteiger partial charge in [-0.2, -0.15) is 0 Å². The maximum atomic E-state index is 4.87. The maximum absolute atomic E-state index is 4.87.